The minimum atomic E-state index is -0.579. The molecule has 0 aromatic rings. The van der Waals surface area contributed by atoms with Crippen molar-refractivity contribution < 1.29 is 0 Å². The second-order valence-corrected chi connectivity index (χ2v) is 5.06. The predicted octanol–water partition coefficient (Wildman–Crippen LogP) is 1.37. The molecule has 2 rings (SSSR count). The maximum atomic E-state index is 6.07. The molecule has 2 nitrogen and oxygen atoms in total. The monoisotopic (exact) mass is 166 g/mol. The van der Waals surface area contributed by atoms with Gasteiger partial charge in [-0.15, -0.1) is 0 Å². The van der Waals surface area contributed by atoms with Crippen molar-refractivity contribution in [3.63, 3.8) is 0 Å². The van der Waals surface area contributed by atoms with Crippen molar-refractivity contribution in [3.05, 3.63) is 11.6 Å². The van der Waals surface area contributed by atoms with E-state index in [1.165, 1.54) is 12.0 Å². The minimum absolute atomic E-state index is 0.0648. The molecule has 0 radical (unpaired) electrons. The summed E-state index contributed by atoms with van der Waals surface area (Å²) >= 11 is 0. The number of hydrogen-bond donors (Lipinski definition) is 2. The van der Waals surface area contributed by atoms with E-state index in [-0.39, 0.29) is 10.8 Å². The van der Waals surface area contributed by atoms with Crippen LogP contribution in [0.4, 0.5) is 0 Å². The van der Waals surface area contributed by atoms with Gasteiger partial charge in [0.05, 0.1) is 5.66 Å². The Morgan fingerprint density at radius 2 is 1.83 bits per heavy atom. The lowest BCUT2D eigenvalue weighted by atomic mass is 9.66. The first kappa shape index (κ1) is 8.27. The molecule has 1 saturated carbocycles. The van der Waals surface area contributed by atoms with E-state index in [1.54, 1.807) is 0 Å². The Labute approximate surface area is 74.0 Å². The fraction of sp³-hybridized carbons (Fsp3) is 0.800. The summed E-state index contributed by atoms with van der Waals surface area (Å²) in [7, 11) is 0. The molecule has 0 spiro atoms. The average Bonchev–Trinajstić information content (AvgIpc) is 2.18. The van der Waals surface area contributed by atoms with Crippen LogP contribution in [0.1, 0.15) is 33.6 Å². The molecule has 2 bridgehead atoms. The van der Waals surface area contributed by atoms with E-state index in [9.17, 15) is 0 Å². The fourth-order valence-corrected chi connectivity index (χ4v) is 2.82. The lowest BCUT2D eigenvalue weighted by Crippen LogP contribution is -2.60. The number of fused-ring (bicyclic) bond motifs is 2. The molecule has 0 aromatic heterocycles. The van der Waals surface area contributed by atoms with Gasteiger partial charge in [-0.2, -0.15) is 0 Å². The van der Waals surface area contributed by atoms with Gasteiger partial charge in [-0.3, -0.25) is 0 Å². The van der Waals surface area contributed by atoms with Crippen LogP contribution in [0.3, 0.4) is 0 Å². The van der Waals surface area contributed by atoms with Crippen LogP contribution in [0.5, 0.6) is 0 Å². The van der Waals surface area contributed by atoms with Gasteiger partial charge >= 0.3 is 0 Å². The third-order valence-corrected chi connectivity index (χ3v) is 4.45. The van der Waals surface area contributed by atoms with Crippen molar-refractivity contribution in [3.8, 4) is 0 Å². The van der Waals surface area contributed by atoms with Crippen molar-refractivity contribution in [2.24, 2.45) is 22.3 Å². The lowest BCUT2D eigenvalue weighted by molar-refractivity contribution is 0.0990. The quantitative estimate of drug-likeness (QED) is 0.422. The van der Waals surface area contributed by atoms with Crippen LogP contribution in [0.25, 0.3) is 0 Å². The summed E-state index contributed by atoms with van der Waals surface area (Å²) in [6, 6.07) is 0. The van der Waals surface area contributed by atoms with E-state index in [4.69, 9.17) is 11.5 Å². The van der Waals surface area contributed by atoms with Crippen LogP contribution < -0.4 is 11.5 Å². The van der Waals surface area contributed by atoms with Gasteiger partial charge in [0.15, 0.2) is 0 Å². The van der Waals surface area contributed by atoms with Crippen molar-refractivity contribution in [2.75, 3.05) is 0 Å². The first-order valence-electron chi connectivity index (χ1n) is 4.61. The van der Waals surface area contributed by atoms with E-state index in [2.05, 4.69) is 26.8 Å². The van der Waals surface area contributed by atoms with Crippen LogP contribution >= 0.6 is 0 Å². The summed E-state index contributed by atoms with van der Waals surface area (Å²) in [6.45, 7) is 6.73. The van der Waals surface area contributed by atoms with Crippen LogP contribution in [0.15, 0.2) is 11.6 Å². The summed E-state index contributed by atoms with van der Waals surface area (Å²) < 4.78 is 0. The zero-order chi connectivity index (χ0) is 9.20. The molecule has 1 atom stereocenters. The highest BCUT2D eigenvalue weighted by atomic mass is 15.0. The Balaban J connectivity index is 2.58. The number of nitrogens with two attached hydrogens (primary N) is 2. The molecule has 0 aromatic carbocycles. The van der Waals surface area contributed by atoms with Crippen LogP contribution in [0.2, 0.25) is 0 Å². The zero-order valence-corrected chi connectivity index (χ0v) is 8.15. The van der Waals surface area contributed by atoms with Gasteiger partial charge in [0.1, 0.15) is 0 Å². The summed E-state index contributed by atoms with van der Waals surface area (Å²) in [6.07, 6.45) is 4.40. The van der Waals surface area contributed by atoms with Crippen molar-refractivity contribution in [1.29, 1.82) is 0 Å². The first-order valence-corrected chi connectivity index (χ1v) is 4.61. The standard InChI is InChI=1S/C10H18N2/c1-8(2)7-4-5-9(8,3)10(11,12)6-7/h6H,4-5,11-12H2,1-3H3. The Bertz CT molecular complexity index is 263. The SMILES string of the molecule is CC1(C)C2=CC(N)(N)C1(C)CC2. The molecule has 0 amide bonds. The molecule has 0 saturated heterocycles. The summed E-state index contributed by atoms with van der Waals surface area (Å²) in [5, 5.41) is 0. The highest BCUT2D eigenvalue weighted by Crippen LogP contribution is 2.63. The van der Waals surface area contributed by atoms with Gasteiger partial charge in [-0.1, -0.05) is 32.4 Å². The molecule has 4 N–H and O–H groups in total. The maximum Gasteiger partial charge on any atom is 0.0894 e. The predicted molar refractivity (Wildman–Crippen MR) is 50.3 cm³/mol. The molecule has 2 aliphatic rings. The third-order valence-electron chi connectivity index (χ3n) is 4.45. The minimum Gasteiger partial charge on any atom is -0.310 e. The van der Waals surface area contributed by atoms with Crippen LogP contribution in [-0.2, 0) is 0 Å². The van der Waals surface area contributed by atoms with Gasteiger partial charge in [0.25, 0.3) is 0 Å². The second kappa shape index (κ2) is 1.78. The number of allylic oxidation sites excluding steroid dienone is 1. The van der Waals surface area contributed by atoms with E-state index in [0.29, 0.717) is 0 Å². The molecule has 0 aliphatic heterocycles. The fourth-order valence-electron chi connectivity index (χ4n) is 2.82. The third kappa shape index (κ3) is 0.603. The lowest BCUT2D eigenvalue weighted by Gasteiger charge is -2.43. The summed E-state index contributed by atoms with van der Waals surface area (Å²) in [5.74, 6) is 0. The molecule has 0 heterocycles. The Kier molecular flexibility index (Phi) is 1.22. The Morgan fingerprint density at radius 1 is 1.25 bits per heavy atom. The zero-order valence-electron chi connectivity index (χ0n) is 8.15. The molecule has 1 unspecified atom stereocenters. The van der Waals surface area contributed by atoms with E-state index in [1.807, 2.05) is 0 Å². The normalized spacial score (nSPS) is 41.6. The molecule has 2 heteroatoms. The van der Waals surface area contributed by atoms with E-state index >= 15 is 0 Å². The Morgan fingerprint density at radius 3 is 2.00 bits per heavy atom. The maximum absolute atomic E-state index is 6.07. The second-order valence-electron chi connectivity index (χ2n) is 5.06. The van der Waals surface area contributed by atoms with E-state index < -0.39 is 5.66 Å². The molecule has 1 fully saturated rings. The van der Waals surface area contributed by atoms with Gasteiger partial charge in [-0.05, 0) is 18.3 Å². The largest absolute Gasteiger partial charge is 0.310 e. The van der Waals surface area contributed by atoms with Crippen LogP contribution in [-0.4, -0.2) is 5.66 Å². The van der Waals surface area contributed by atoms with Crippen molar-refractivity contribution in [2.45, 2.75) is 39.3 Å². The van der Waals surface area contributed by atoms with Gasteiger partial charge in [0, 0.05) is 5.41 Å². The highest BCUT2D eigenvalue weighted by molar-refractivity contribution is 5.38. The molecule has 2 aliphatic carbocycles. The summed E-state index contributed by atoms with van der Waals surface area (Å²) in [5.41, 5.74) is 13.3. The molecule has 12 heavy (non-hydrogen) atoms. The van der Waals surface area contributed by atoms with Gasteiger partial charge in [0.2, 0.25) is 0 Å². The topological polar surface area (TPSA) is 52.0 Å². The molecule has 68 valence electrons. The number of rotatable bonds is 0. The van der Waals surface area contributed by atoms with Crippen molar-refractivity contribution >= 4 is 0 Å². The summed E-state index contributed by atoms with van der Waals surface area (Å²) in [4.78, 5) is 0. The number of hydrogen-bond acceptors (Lipinski definition) is 2. The van der Waals surface area contributed by atoms with Crippen LogP contribution in [0, 0.1) is 10.8 Å². The first-order chi connectivity index (χ1) is 5.31. The smallest absolute Gasteiger partial charge is 0.0894 e. The van der Waals surface area contributed by atoms with E-state index in [0.717, 1.165) is 6.42 Å². The van der Waals surface area contributed by atoms with Gasteiger partial charge in [-0.25, -0.2) is 0 Å². The molecular weight excluding hydrogens is 148 g/mol. The van der Waals surface area contributed by atoms with Gasteiger partial charge < -0.3 is 11.5 Å². The van der Waals surface area contributed by atoms with Crippen molar-refractivity contribution in [1.82, 2.24) is 0 Å². The molecular formula is C10H18N2. The highest BCUT2D eigenvalue weighted by Gasteiger charge is 2.61. The Hall–Kier alpha value is -0.340. The average molecular weight is 166 g/mol.